The number of fused-ring (bicyclic) bond motifs is 3. The molecule has 3 aliphatic rings. The minimum Gasteiger partial charge on any atom is -0.508 e. The first kappa shape index (κ1) is 29.4. The summed E-state index contributed by atoms with van der Waals surface area (Å²) in [4.78, 5) is 40.9. The SMILES string of the molecule is CN(C)[C@@H]1C(=O)C(C(N)=O)=C(O)[C@@]2(O)C(=O)C3=C(O)c4c(O)ccc(-c5ccc(CNCc6ccccc6)o5)c4C[C@H]3C[C@@H]12. The van der Waals surface area contributed by atoms with E-state index < -0.39 is 58.0 Å². The van der Waals surface area contributed by atoms with Gasteiger partial charge in [-0.1, -0.05) is 30.3 Å². The summed E-state index contributed by atoms with van der Waals surface area (Å²) in [6, 6.07) is 15.5. The van der Waals surface area contributed by atoms with Crippen molar-refractivity contribution in [1.82, 2.24) is 10.2 Å². The third-order valence-electron chi connectivity index (χ3n) is 9.00. The summed E-state index contributed by atoms with van der Waals surface area (Å²) >= 11 is 0. The van der Waals surface area contributed by atoms with E-state index in [0.717, 1.165) is 5.56 Å². The Kier molecular flexibility index (Phi) is 7.19. The number of nitrogens with two attached hydrogens (primary N) is 1. The second-order valence-corrected chi connectivity index (χ2v) is 11.8. The third kappa shape index (κ3) is 4.43. The quantitative estimate of drug-likeness (QED) is 0.220. The molecule has 3 aromatic rings. The van der Waals surface area contributed by atoms with Crippen LogP contribution in [0.4, 0.5) is 0 Å². The lowest BCUT2D eigenvalue weighted by molar-refractivity contribution is -0.153. The van der Waals surface area contributed by atoms with E-state index in [1.165, 1.54) is 11.0 Å². The molecule has 4 atom stereocenters. The number of carbonyl (C=O) groups is 3. The predicted molar refractivity (Wildman–Crippen MR) is 159 cm³/mol. The molecule has 1 fully saturated rings. The number of carbonyl (C=O) groups excluding carboxylic acids is 3. The van der Waals surface area contributed by atoms with Gasteiger partial charge in [-0.2, -0.15) is 0 Å². The van der Waals surface area contributed by atoms with Crippen molar-refractivity contribution in [2.75, 3.05) is 14.1 Å². The van der Waals surface area contributed by atoms with Gasteiger partial charge in [0.25, 0.3) is 5.91 Å². The largest absolute Gasteiger partial charge is 0.508 e. The highest BCUT2D eigenvalue weighted by Crippen LogP contribution is 2.53. The lowest BCUT2D eigenvalue weighted by Gasteiger charge is -2.50. The van der Waals surface area contributed by atoms with Gasteiger partial charge in [-0.05, 0) is 68.2 Å². The number of nitrogens with one attached hydrogen (secondary N) is 1. The maximum Gasteiger partial charge on any atom is 0.255 e. The van der Waals surface area contributed by atoms with E-state index in [1.807, 2.05) is 36.4 Å². The molecule has 0 aliphatic heterocycles. The van der Waals surface area contributed by atoms with Gasteiger partial charge >= 0.3 is 0 Å². The highest BCUT2D eigenvalue weighted by Gasteiger charge is 2.64. The molecule has 0 radical (unpaired) electrons. The van der Waals surface area contributed by atoms with Crippen molar-refractivity contribution in [2.24, 2.45) is 17.6 Å². The van der Waals surface area contributed by atoms with Crippen LogP contribution in [0.5, 0.6) is 5.75 Å². The standard InChI is InChI=1S/C33H33N3O8/c1-36(2)27-21-13-17-12-20-19(23-11-8-18(44-23)15-35-14-16-6-4-3-5-7-16)9-10-22(37)25(20)28(38)24(17)30(40)33(21,43)31(41)26(29(27)39)32(34)42/h3-11,17,21,27,35,37-38,41,43H,12-15H2,1-2H3,(H2,34,42)/t17-,21-,27-,33-/m0/s1. The van der Waals surface area contributed by atoms with E-state index in [-0.39, 0.29) is 29.7 Å². The van der Waals surface area contributed by atoms with Crippen LogP contribution >= 0.6 is 0 Å². The lowest BCUT2D eigenvalue weighted by atomic mass is 9.57. The van der Waals surface area contributed by atoms with Gasteiger partial charge in [0.2, 0.25) is 5.78 Å². The molecule has 6 rings (SSSR count). The van der Waals surface area contributed by atoms with Gasteiger partial charge in [-0.15, -0.1) is 0 Å². The van der Waals surface area contributed by atoms with Gasteiger partial charge in [-0.25, -0.2) is 0 Å². The molecule has 7 N–H and O–H groups in total. The second kappa shape index (κ2) is 10.8. The Morgan fingerprint density at radius 1 is 1.05 bits per heavy atom. The monoisotopic (exact) mass is 599 g/mol. The van der Waals surface area contributed by atoms with Crippen LogP contribution in [0.25, 0.3) is 17.1 Å². The van der Waals surface area contributed by atoms with Gasteiger partial charge in [0.15, 0.2) is 11.4 Å². The van der Waals surface area contributed by atoms with Gasteiger partial charge in [0.05, 0.1) is 18.2 Å². The highest BCUT2D eigenvalue weighted by molar-refractivity contribution is 6.24. The minimum absolute atomic E-state index is 0.00761. The van der Waals surface area contributed by atoms with Gasteiger partial charge < -0.3 is 35.9 Å². The molecule has 11 heteroatoms. The Labute approximate surface area is 252 Å². The maximum atomic E-state index is 14.0. The van der Waals surface area contributed by atoms with Crippen molar-refractivity contribution in [3.63, 3.8) is 0 Å². The maximum absolute atomic E-state index is 14.0. The Balaban J connectivity index is 1.38. The molecular formula is C33H33N3O8. The predicted octanol–water partition coefficient (Wildman–Crippen LogP) is 2.51. The van der Waals surface area contributed by atoms with Crippen LogP contribution in [0.2, 0.25) is 0 Å². The molecule has 2 aromatic carbocycles. The fraction of sp³-hybridized carbons (Fsp3) is 0.303. The number of nitrogens with zero attached hydrogens (tertiary/aromatic N) is 1. The lowest BCUT2D eigenvalue weighted by Crippen LogP contribution is -2.65. The number of ketones is 2. The Hall–Kier alpha value is -4.71. The first-order valence-electron chi connectivity index (χ1n) is 14.3. The van der Waals surface area contributed by atoms with Crippen LogP contribution in [0.15, 0.2) is 75.9 Å². The van der Waals surface area contributed by atoms with Crippen LogP contribution in [-0.4, -0.2) is 68.5 Å². The van der Waals surface area contributed by atoms with E-state index in [1.54, 1.807) is 26.2 Å². The first-order chi connectivity index (χ1) is 20.9. The third-order valence-corrected chi connectivity index (χ3v) is 9.00. The number of hydrogen-bond acceptors (Lipinski definition) is 10. The molecule has 0 spiro atoms. The number of hydrogen-bond donors (Lipinski definition) is 6. The average molecular weight is 600 g/mol. The number of amides is 1. The molecule has 1 aromatic heterocycles. The molecular weight excluding hydrogens is 566 g/mol. The summed E-state index contributed by atoms with van der Waals surface area (Å²) in [5, 5.41) is 48.4. The van der Waals surface area contributed by atoms with Crippen molar-refractivity contribution in [3.8, 4) is 17.1 Å². The Bertz CT molecular complexity index is 1760. The number of likely N-dealkylation sites (N-methyl/N-ethyl adjacent to an activating group) is 1. The normalized spacial score (nSPS) is 24.8. The Morgan fingerprint density at radius 2 is 1.77 bits per heavy atom. The van der Waals surface area contributed by atoms with Crippen molar-refractivity contribution in [3.05, 3.63) is 94.0 Å². The number of phenols is 1. The minimum atomic E-state index is -2.68. The summed E-state index contributed by atoms with van der Waals surface area (Å²) in [6.07, 6.45) is 0.175. The molecule has 11 nitrogen and oxygen atoms in total. The average Bonchev–Trinajstić information content (AvgIpc) is 3.44. The highest BCUT2D eigenvalue weighted by atomic mass is 16.4. The van der Waals surface area contributed by atoms with E-state index in [2.05, 4.69) is 5.32 Å². The van der Waals surface area contributed by atoms with E-state index in [4.69, 9.17) is 10.2 Å². The summed E-state index contributed by atoms with van der Waals surface area (Å²) in [5.74, 6) is -5.71. The van der Waals surface area contributed by atoms with Crippen LogP contribution in [-0.2, 0) is 33.9 Å². The van der Waals surface area contributed by atoms with Crippen molar-refractivity contribution < 1.29 is 39.2 Å². The summed E-state index contributed by atoms with van der Waals surface area (Å²) in [5.41, 5.74) is 3.94. The number of phenolic OH excluding ortho intramolecular Hbond substituents is 1. The number of aliphatic hydroxyl groups is 3. The zero-order valence-electron chi connectivity index (χ0n) is 24.2. The fourth-order valence-electron chi connectivity index (χ4n) is 7.02. The summed E-state index contributed by atoms with van der Waals surface area (Å²) in [6.45, 7) is 1.12. The van der Waals surface area contributed by atoms with E-state index in [9.17, 15) is 34.8 Å². The van der Waals surface area contributed by atoms with Crippen molar-refractivity contribution in [2.45, 2.75) is 37.6 Å². The van der Waals surface area contributed by atoms with Crippen molar-refractivity contribution in [1.29, 1.82) is 0 Å². The molecule has 1 saturated carbocycles. The van der Waals surface area contributed by atoms with Crippen molar-refractivity contribution >= 4 is 23.2 Å². The van der Waals surface area contributed by atoms with E-state index >= 15 is 0 Å². The molecule has 1 amide bonds. The fourth-order valence-corrected chi connectivity index (χ4v) is 7.02. The number of furan rings is 1. The number of benzene rings is 2. The molecule has 0 unspecified atom stereocenters. The number of Topliss-reactive ketones (excluding diaryl/α,β-unsaturated/α-hetero) is 2. The smallest absolute Gasteiger partial charge is 0.255 e. The van der Waals surface area contributed by atoms with Gasteiger partial charge in [0.1, 0.15) is 34.4 Å². The zero-order valence-corrected chi connectivity index (χ0v) is 24.2. The second-order valence-electron chi connectivity index (χ2n) is 11.8. The molecule has 1 heterocycles. The first-order valence-corrected chi connectivity index (χ1v) is 14.3. The number of aliphatic hydroxyl groups excluding tert-OH is 2. The summed E-state index contributed by atoms with van der Waals surface area (Å²) in [7, 11) is 3.12. The molecule has 228 valence electrons. The summed E-state index contributed by atoms with van der Waals surface area (Å²) < 4.78 is 6.14. The molecule has 0 saturated heterocycles. The number of rotatable bonds is 7. The Morgan fingerprint density at radius 3 is 2.45 bits per heavy atom. The van der Waals surface area contributed by atoms with Crippen LogP contribution in [0.3, 0.4) is 0 Å². The zero-order chi connectivity index (χ0) is 31.5. The van der Waals surface area contributed by atoms with Crippen LogP contribution < -0.4 is 11.1 Å². The van der Waals surface area contributed by atoms with Gasteiger partial charge in [0, 0.05) is 23.6 Å². The van der Waals surface area contributed by atoms with Crippen LogP contribution in [0, 0.1) is 11.8 Å². The van der Waals surface area contributed by atoms with E-state index in [0.29, 0.717) is 35.7 Å². The number of aromatic hydroxyl groups is 1. The number of primary amides is 1. The topological polar surface area (TPSA) is 187 Å². The molecule has 44 heavy (non-hydrogen) atoms. The molecule has 0 bridgehead atoms. The molecule has 3 aliphatic carbocycles. The van der Waals surface area contributed by atoms with Crippen LogP contribution in [0.1, 0.15) is 28.9 Å². The van der Waals surface area contributed by atoms with Gasteiger partial charge in [-0.3, -0.25) is 19.3 Å².